The Bertz CT molecular complexity index is 1570. The minimum Gasteiger partial charge on any atom is -0.497 e. The first kappa shape index (κ1) is 23.3. The lowest BCUT2D eigenvalue weighted by Gasteiger charge is -2.14. The highest BCUT2D eigenvalue weighted by Crippen LogP contribution is 2.34. The van der Waals surface area contributed by atoms with Gasteiger partial charge in [-0.05, 0) is 48.9 Å². The summed E-state index contributed by atoms with van der Waals surface area (Å²) >= 11 is 6.15. The standard InChI is InChI=1S/C27H21ClN4O4/c1-3-21-22(26(34)32(29-21)19-9-7-8-17(28)16-19)23-24(30-14-5-4-6-15-30)27(35)31(25(23)33)18-10-12-20(36-2)13-11-18/h4-16H,3H2,1-2H3/p+1. The number of imide groups is 1. The van der Waals surface area contributed by atoms with Crippen LogP contribution in [0.5, 0.6) is 5.75 Å². The Morgan fingerprint density at radius 3 is 2.28 bits per heavy atom. The molecule has 36 heavy (non-hydrogen) atoms. The molecule has 0 radical (unpaired) electrons. The van der Waals surface area contributed by atoms with Gasteiger partial charge in [-0.3, -0.25) is 19.5 Å². The van der Waals surface area contributed by atoms with Crippen LogP contribution in [0.3, 0.4) is 0 Å². The molecule has 180 valence electrons. The molecule has 3 heterocycles. The maximum absolute atomic E-state index is 13.9. The Labute approximate surface area is 211 Å². The van der Waals surface area contributed by atoms with Crippen molar-refractivity contribution in [3.8, 4) is 11.4 Å². The average Bonchev–Trinajstić information content (AvgIpc) is 3.36. The van der Waals surface area contributed by atoms with Crippen LogP contribution in [0, 0.1) is 0 Å². The fraction of sp³-hybridized carbons (Fsp3) is 0.111. The normalized spacial score (nSPS) is 13.6. The molecule has 0 atom stereocenters. The predicted molar refractivity (Wildman–Crippen MR) is 136 cm³/mol. The highest BCUT2D eigenvalue weighted by molar-refractivity contribution is 6.53. The number of rotatable bonds is 6. The van der Waals surface area contributed by atoms with Gasteiger partial charge in [-0.15, -0.1) is 0 Å². The third-order valence-corrected chi connectivity index (χ3v) is 6.23. The molecule has 0 saturated heterocycles. The van der Waals surface area contributed by atoms with Crippen molar-refractivity contribution in [3.63, 3.8) is 0 Å². The van der Waals surface area contributed by atoms with Crippen LogP contribution < -0.4 is 19.8 Å². The van der Waals surface area contributed by atoms with E-state index in [4.69, 9.17) is 16.3 Å². The van der Waals surface area contributed by atoms with Crippen molar-refractivity contribution in [3.05, 3.63) is 106 Å². The molecule has 4 aromatic rings. The lowest BCUT2D eigenvalue weighted by Crippen LogP contribution is -2.39. The molecule has 2 amide bonds. The van der Waals surface area contributed by atoms with Crippen molar-refractivity contribution >= 4 is 40.4 Å². The van der Waals surface area contributed by atoms with E-state index in [1.807, 2.05) is 6.92 Å². The van der Waals surface area contributed by atoms with E-state index in [0.717, 1.165) is 4.90 Å². The van der Waals surface area contributed by atoms with E-state index < -0.39 is 17.4 Å². The van der Waals surface area contributed by atoms with Crippen LogP contribution in [0.25, 0.3) is 17.0 Å². The quantitative estimate of drug-likeness (QED) is 0.323. The predicted octanol–water partition coefficient (Wildman–Crippen LogP) is 3.62. The molecule has 9 heteroatoms. The molecule has 0 bridgehead atoms. The largest absolute Gasteiger partial charge is 0.497 e. The Kier molecular flexibility index (Phi) is 6.03. The number of carbonyl (C=O) groups excluding carboxylic acids is 2. The van der Waals surface area contributed by atoms with Crippen LogP contribution in [0.4, 0.5) is 5.69 Å². The number of halogens is 1. The number of aromatic amines is 1. The second-order valence-corrected chi connectivity index (χ2v) is 8.53. The fourth-order valence-electron chi connectivity index (χ4n) is 4.29. The van der Waals surface area contributed by atoms with Crippen molar-refractivity contribution in [2.24, 2.45) is 0 Å². The number of hydrogen-bond acceptors (Lipinski definition) is 4. The molecule has 0 fully saturated rings. The average molecular weight is 502 g/mol. The van der Waals surface area contributed by atoms with Crippen LogP contribution in [0.2, 0.25) is 5.02 Å². The van der Waals surface area contributed by atoms with Crippen molar-refractivity contribution < 1.29 is 18.9 Å². The number of nitrogens with one attached hydrogen (secondary N) is 1. The Balaban J connectivity index is 1.74. The smallest absolute Gasteiger partial charge is 0.331 e. The van der Waals surface area contributed by atoms with Crippen LogP contribution >= 0.6 is 11.6 Å². The highest BCUT2D eigenvalue weighted by Gasteiger charge is 2.48. The summed E-state index contributed by atoms with van der Waals surface area (Å²) in [6.45, 7) is 1.87. The van der Waals surface area contributed by atoms with Crippen LogP contribution in [0.15, 0.2) is 83.9 Å². The van der Waals surface area contributed by atoms with E-state index in [1.165, 1.54) is 11.8 Å². The van der Waals surface area contributed by atoms with Crippen molar-refractivity contribution in [2.45, 2.75) is 13.3 Å². The van der Waals surface area contributed by atoms with Crippen molar-refractivity contribution in [1.82, 2.24) is 9.78 Å². The number of pyridine rings is 1. The first-order valence-electron chi connectivity index (χ1n) is 11.3. The molecule has 1 aliphatic heterocycles. The maximum atomic E-state index is 13.9. The topological polar surface area (TPSA) is 88.3 Å². The number of aromatic nitrogens is 3. The van der Waals surface area contributed by atoms with Gasteiger partial charge in [0.15, 0.2) is 12.4 Å². The number of aryl methyl sites for hydroxylation is 1. The molecule has 1 N–H and O–H groups in total. The van der Waals surface area contributed by atoms with Crippen LogP contribution in [0.1, 0.15) is 18.2 Å². The van der Waals surface area contributed by atoms with E-state index in [0.29, 0.717) is 34.3 Å². The zero-order valence-corrected chi connectivity index (χ0v) is 20.3. The fourth-order valence-corrected chi connectivity index (χ4v) is 4.47. The van der Waals surface area contributed by atoms with E-state index in [1.54, 1.807) is 83.7 Å². The highest BCUT2D eigenvalue weighted by atomic mass is 35.5. The molecule has 1 aliphatic rings. The van der Waals surface area contributed by atoms with Crippen LogP contribution in [-0.2, 0) is 16.0 Å². The van der Waals surface area contributed by atoms with Gasteiger partial charge in [0.1, 0.15) is 11.3 Å². The zero-order chi connectivity index (χ0) is 25.4. The third-order valence-electron chi connectivity index (χ3n) is 6.00. The van der Waals surface area contributed by atoms with E-state index >= 15 is 0 Å². The number of amides is 2. The Hall–Kier alpha value is -4.43. The van der Waals surface area contributed by atoms with Gasteiger partial charge in [0.2, 0.25) is 0 Å². The summed E-state index contributed by atoms with van der Waals surface area (Å²) in [4.78, 5) is 42.5. The summed E-state index contributed by atoms with van der Waals surface area (Å²) in [5.74, 6) is -0.527. The van der Waals surface area contributed by atoms with Gasteiger partial charge in [-0.2, -0.15) is 4.57 Å². The molecule has 0 aliphatic carbocycles. The molecule has 0 saturated carbocycles. The number of ether oxygens (including phenoxy) is 1. The number of nitrogens with zero attached hydrogens (tertiary/aromatic N) is 3. The minimum absolute atomic E-state index is 0.0332. The van der Waals surface area contributed by atoms with Gasteiger partial charge in [-0.1, -0.05) is 30.7 Å². The van der Waals surface area contributed by atoms with Gasteiger partial charge in [0.05, 0.1) is 24.0 Å². The summed E-state index contributed by atoms with van der Waals surface area (Å²) in [7, 11) is 1.54. The molecule has 0 spiro atoms. The number of hydrogen-bond donors (Lipinski definition) is 1. The number of H-pyrrole nitrogens is 1. The van der Waals surface area contributed by atoms with Gasteiger partial charge in [0.25, 0.3) is 17.2 Å². The maximum Gasteiger partial charge on any atom is 0.331 e. The minimum atomic E-state index is -0.583. The second-order valence-electron chi connectivity index (χ2n) is 8.09. The summed E-state index contributed by atoms with van der Waals surface area (Å²) < 4.78 is 8.11. The summed E-state index contributed by atoms with van der Waals surface area (Å²) in [6, 6.07) is 18.7. The Morgan fingerprint density at radius 2 is 1.64 bits per heavy atom. The number of methoxy groups -OCH3 is 1. The Morgan fingerprint density at radius 1 is 0.917 bits per heavy atom. The first-order chi connectivity index (χ1) is 17.4. The second kappa shape index (κ2) is 9.31. The van der Waals surface area contributed by atoms with Gasteiger partial charge in [0, 0.05) is 22.8 Å². The monoisotopic (exact) mass is 501 g/mol. The van der Waals surface area contributed by atoms with E-state index in [2.05, 4.69) is 5.10 Å². The summed E-state index contributed by atoms with van der Waals surface area (Å²) in [6.07, 6.45) is 3.77. The molecule has 0 unspecified atom stereocenters. The molecule has 2 aromatic heterocycles. The SMILES string of the molecule is CCc1[nH]n(-c2cccc(Cl)c2)c(=O)c1C1=C([n+]2ccccc2)C(=O)N(c2ccc(OC)cc2)C1=O. The van der Waals surface area contributed by atoms with Gasteiger partial charge < -0.3 is 4.74 Å². The first-order valence-corrected chi connectivity index (χ1v) is 11.7. The number of anilines is 1. The van der Waals surface area contributed by atoms with Gasteiger partial charge in [-0.25, -0.2) is 9.58 Å². The lowest BCUT2D eigenvalue weighted by atomic mass is 10.0. The number of carbonyl (C=O) groups is 2. The van der Waals surface area contributed by atoms with Crippen molar-refractivity contribution in [2.75, 3.05) is 12.0 Å². The summed E-state index contributed by atoms with van der Waals surface area (Å²) in [5.41, 5.74) is 1.26. The van der Waals surface area contributed by atoms with Crippen LogP contribution in [-0.4, -0.2) is 28.7 Å². The molecule has 8 nitrogen and oxygen atoms in total. The van der Waals surface area contributed by atoms with Crippen molar-refractivity contribution in [1.29, 1.82) is 0 Å². The van der Waals surface area contributed by atoms with Gasteiger partial charge >= 0.3 is 5.91 Å². The zero-order valence-electron chi connectivity index (χ0n) is 19.6. The molecular formula is C27H22ClN4O4+. The molecular weight excluding hydrogens is 480 g/mol. The number of benzene rings is 2. The summed E-state index contributed by atoms with van der Waals surface area (Å²) in [5, 5.41) is 3.56. The lowest BCUT2D eigenvalue weighted by molar-refractivity contribution is -0.576. The molecule has 2 aromatic carbocycles. The van der Waals surface area contributed by atoms with E-state index in [9.17, 15) is 14.4 Å². The molecule has 5 rings (SSSR count). The third kappa shape index (κ3) is 3.81. The van der Waals surface area contributed by atoms with E-state index in [-0.39, 0.29) is 16.8 Å².